The van der Waals surface area contributed by atoms with E-state index in [1.165, 1.54) is 4.90 Å². The minimum atomic E-state index is -4.13. The monoisotopic (exact) mass is 375 g/mol. The predicted molar refractivity (Wildman–Crippen MR) is 94.0 cm³/mol. The highest BCUT2D eigenvalue weighted by Gasteiger charge is 2.34. The molecule has 1 fully saturated rings. The highest BCUT2D eigenvalue weighted by atomic mass is 19.4. The smallest absolute Gasteiger partial charge is 0.359 e. The zero-order chi connectivity index (χ0) is 19.2. The van der Waals surface area contributed by atoms with Gasteiger partial charge in [0.1, 0.15) is 6.54 Å². The normalized spacial score (nSPS) is 19.3. The van der Waals surface area contributed by atoms with Crippen LogP contribution in [0.5, 0.6) is 0 Å². The van der Waals surface area contributed by atoms with E-state index in [4.69, 9.17) is 4.52 Å². The van der Waals surface area contributed by atoms with Crippen molar-refractivity contribution in [2.45, 2.75) is 45.8 Å². The molecule has 0 saturated carbocycles. The number of hydrogen-bond donors (Lipinski definition) is 2. The molecular weight excluding hydrogens is 347 g/mol. The van der Waals surface area contributed by atoms with Crippen LogP contribution < -0.4 is 10.6 Å². The number of hydrogen-bond acceptors (Lipinski definition) is 4. The van der Waals surface area contributed by atoms with Crippen LogP contribution in [0.25, 0.3) is 0 Å². The quantitative estimate of drug-likeness (QED) is 0.567. The largest absolute Gasteiger partial charge is 0.401 e. The van der Waals surface area contributed by atoms with Gasteiger partial charge in [0.25, 0.3) is 0 Å². The molecule has 0 bridgehead atoms. The summed E-state index contributed by atoms with van der Waals surface area (Å²) in [5.41, 5.74) is 0.892. The molecule has 9 heteroatoms. The van der Waals surface area contributed by atoms with Gasteiger partial charge < -0.3 is 15.2 Å². The van der Waals surface area contributed by atoms with E-state index in [1.807, 2.05) is 26.8 Å². The number of aliphatic imine (C=N–C) groups is 1. The first-order valence-electron chi connectivity index (χ1n) is 9.03. The number of nitrogens with one attached hydrogen (secondary N) is 2. The number of likely N-dealkylation sites (tertiary alicyclic amines) is 1. The van der Waals surface area contributed by atoms with Crippen LogP contribution >= 0.6 is 0 Å². The zero-order valence-electron chi connectivity index (χ0n) is 15.6. The van der Waals surface area contributed by atoms with Gasteiger partial charge >= 0.3 is 6.18 Å². The maximum absolute atomic E-state index is 12.5. The fourth-order valence-corrected chi connectivity index (χ4v) is 2.89. The number of aromatic nitrogens is 1. The number of nitrogens with zero attached hydrogens (tertiary/aromatic N) is 3. The molecule has 0 radical (unpaired) electrons. The second-order valence-electron chi connectivity index (χ2n) is 6.95. The third kappa shape index (κ3) is 6.86. The van der Waals surface area contributed by atoms with Gasteiger partial charge in [-0.05, 0) is 31.7 Å². The molecule has 6 nitrogen and oxygen atoms in total. The van der Waals surface area contributed by atoms with E-state index in [1.54, 1.807) is 0 Å². The SMILES string of the molecule is CCNC(=NCc1cc(C(C)C)no1)NCC1CCN(CC(F)(F)F)C1. The van der Waals surface area contributed by atoms with Crippen molar-refractivity contribution in [1.29, 1.82) is 0 Å². The molecule has 1 aliphatic heterocycles. The standard InChI is InChI=1S/C17H28F3N5O/c1-4-21-16(23-9-14-7-15(12(2)3)24-26-14)22-8-13-5-6-25(10-13)11-17(18,19)20/h7,12-13H,4-6,8-11H2,1-3H3,(H2,21,22,23). The molecule has 2 heterocycles. The van der Waals surface area contributed by atoms with E-state index in [9.17, 15) is 13.2 Å². The highest BCUT2D eigenvalue weighted by Crippen LogP contribution is 2.22. The number of alkyl halides is 3. The summed E-state index contributed by atoms with van der Waals surface area (Å²) in [5.74, 6) is 1.79. The maximum atomic E-state index is 12.5. The predicted octanol–water partition coefficient (Wildman–Crippen LogP) is 2.74. The molecule has 1 unspecified atom stereocenters. The first-order valence-corrected chi connectivity index (χ1v) is 9.03. The summed E-state index contributed by atoms with van der Waals surface area (Å²) in [4.78, 5) is 5.92. The lowest BCUT2D eigenvalue weighted by molar-refractivity contribution is -0.143. The first kappa shape index (κ1) is 20.5. The minimum Gasteiger partial charge on any atom is -0.359 e. The third-order valence-electron chi connectivity index (χ3n) is 4.24. The van der Waals surface area contributed by atoms with Gasteiger partial charge in [-0.3, -0.25) is 4.90 Å². The average Bonchev–Trinajstić information content (AvgIpc) is 3.18. The molecule has 1 aliphatic rings. The van der Waals surface area contributed by atoms with Crippen LogP contribution in [-0.2, 0) is 6.54 Å². The molecule has 0 spiro atoms. The van der Waals surface area contributed by atoms with E-state index < -0.39 is 12.7 Å². The van der Waals surface area contributed by atoms with Crippen molar-refractivity contribution in [3.63, 3.8) is 0 Å². The molecule has 0 aromatic carbocycles. The Bertz CT molecular complexity index is 585. The van der Waals surface area contributed by atoms with Crippen molar-refractivity contribution in [2.24, 2.45) is 10.9 Å². The van der Waals surface area contributed by atoms with Gasteiger partial charge in [0.2, 0.25) is 0 Å². The minimum absolute atomic E-state index is 0.180. The van der Waals surface area contributed by atoms with Crippen LogP contribution in [0.3, 0.4) is 0 Å². The van der Waals surface area contributed by atoms with Crippen LogP contribution in [0.15, 0.2) is 15.6 Å². The van der Waals surface area contributed by atoms with Crippen molar-refractivity contribution in [1.82, 2.24) is 20.7 Å². The van der Waals surface area contributed by atoms with Crippen molar-refractivity contribution in [2.75, 3.05) is 32.7 Å². The fourth-order valence-electron chi connectivity index (χ4n) is 2.89. The Labute approximate surface area is 152 Å². The van der Waals surface area contributed by atoms with Gasteiger partial charge in [-0.15, -0.1) is 0 Å². The summed E-state index contributed by atoms with van der Waals surface area (Å²) >= 11 is 0. The summed E-state index contributed by atoms with van der Waals surface area (Å²) < 4.78 is 42.7. The van der Waals surface area contributed by atoms with E-state index in [-0.39, 0.29) is 5.92 Å². The zero-order valence-corrected chi connectivity index (χ0v) is 15.6. The second-order valence-corrected chi connectivity index (χ2v) is 6.95. The molecule has 1 aromatic rings. The molecule has 2 N–H and O–H groups in total. The van der Waals surface area contributed by atoms with Crippen LogP contribution in [0.4, 0.5) is 13.2 Å². The van der Waals surface area contributed by atoms with Crippen LogP contribution in [0, 0.1) is 5.92 Å². The van der Waals surface area contributed by atoms with E-state index >= 15 is 0 Å². The number of guanidine groups is 1. The Morgan fingerprint density at radius 2 is 2.19 bits per heavy atom. The Balaban J connectivity index is 1.82. The van der Waals surface area contributed by atoms with Crippen molar-refractivity contribution < 1.29 is 17.7 Å². The Hall–Kier alpha value is -1.77. The molecule has 148 valence electrons. The Morgan fingerprint density at radius 3 is 2.81 bits per heavy atom. The van der Waals surface area contributed by atoms with Crippen molar-refractivity contribution in [3.05, 3.63) is 17.5 Å². The number of halogens is 3. The van der Waals surface area contributed by atoms with Crippen molar-refractivity contribution >= 4 is 5.96 Å². The van der Waals surface area contributed by atoms with Crippen LogP contribution in [0.1, 0.15) is 44.6 Å². The fraction of sp³-hybridized carbons (Fsp3) is 0.765. The number of rotatable bonds is 7. The lowest BCUT2D eigenvalue weighted by atomic mass is 10.1. The first-order chi connectivity index (χ1) is 12.3. The van der Waals surface area contributed by atoms with Gasteiger partial charge in [-0.1, -0.05) is 19.0 Å². The molecule has 1 atom stereocenters. The van der Waals surface area contributed by atoms with E-state index in [2.05, 4.69) is 20.8 Å². The molecule has 1 aromatic heterocycles. The molecule has 26 heavy (non-hydrogen) atoms. The maximum Gasteiger partial charge on any atom is 0.401 e. The molecule has 1 saturated heterocycles. The molecule has 0 aliphatic carbocycles. The molecule has 2 rings (SSSR count). The lowest BCUT2D eigenvalue weighted by Crippen LogP contribution is -2.40. The van der Waals surface area contributed by atoms with Gasteiger partial charge in [0, 0.05) is 25.7 Å². The Morgan fingerprint density at radius 1 is 1.42 bits per heavy atom. The summed E-state index contributed by atoms with van der Waals surface area (Å²) in [7, 11) is 0. The van der Waals surface area contributed by atoms with Gasteiger partial charge in [-0.25, -0.2) is 4.99 Å². The highest BCUT2D eigenvalue weighted by molar-refractivity contribution is 5.79. The average molecular weight is 375 g/mol. The van der Waals surface area contributed by atoms with E-state index in [0.717, 1.165) is 12.1 Å². The van der Waals surface area contributed by atoms with Crippen LogP contribution in [0.2, 0.25) is 0 Å². The summed E-state index contributed by atoms with van der Waals surface area (Å²) in [6.45, 7) is 7.80. The van der Waals surface area contributed by atoms with Gasteiger partial charge in [0.15, 0.2) is 11.7 Å². The Kier molecular flexibility index (Phi) is 7.31. The van der Waals surface area contributed by atoms with Crippen molar-refractivity contribution in [3.8, 4) is 0 Å². The molecular formula is C17H28F3N5O. The van der Waals surface area contributed by atoms with Gasteiger partial charge in [-0.2, -0.15) is 13.2 Å². The lowest BCUT2D eigenvalue weighted by Gasteiger charge is -2.18. The second kappa shape index (κ2) is 9.25. The van der Waals surface area contributed by atoms with Gasteiger partial charge in [0.05, 0.1) is 12.2 Å². The van der Waals surface area contributed by atoms with Crippen LogP contribution in [-0.4, -0.2) is 54.9 Å². The summed E-state index contributed by atoms with van der Waals surface area (Å²) in [6, 6.07) is 1.89. The topological polar surface area (TPSA) is 65.7 Å². The summed E-state index contributed by atoms with van der Waals surface area (Å²) in [6.07, 6.45) is -3.38. The summed E-state index contributed by atoms with van der Waals surface area (Å²) in [5, 5.41) is 10.4. The molecule has 0 amide bonds. The third-order valence-corrected chi connectivity index (χ3v) is 4.24. The van der Waals surface area contributed by atoms with E-state index in [0.29, 0.717) is 50.4 Å².